The Hall–Kier alpha value is -2.36. The van der Waals surface area contributed by atoms with Crippen LogP contribution in [0.3, 0.4) is 0 Å². The Morgan fingerprint density at radius 2 is 2.16 bits per heavy atom. The van der Waals surface area contributed by atoms with Crippen LogP contribution < -0.4 is 5.32 Å². The molecule has 1 heterocycles. The van der Waals surface area contributed by atoms with Crippen molar-refractivity contribution in [1.29, 1.82) is 0 Å². The van der Waals surface area contributed by atoms with Crippen LogP contribution in [0.5, 0.6) is 0 Å². The van der Waals surface area contributed by atoms with Crippen molar-refractivity contribution in [2.24, 2.45) is 0 Å². The Morgan fingerprint density at radius 3 is 2.79 bits per heavy atom. The maximum absolute atomic E-state index is 11.3. The molecular formula is C15H17N3O. The van der Waals surface area contributed by atoms with Crippen LogP contribution in [0.4, 0.5) is 0 Å². The zero-order chi connectivity index (χ0) is 13.8. The van der Waals surface area contributed by atoms with Crippen LogP contribution >= 0.6 is 0 Å². The summed E-state index contributed by atoms with van der Waals surface area (Å²) in [6, 6.07) is 9.91. The smallest absolute Gasteiger partial charge is 0.243 e. The second-order valence-corrected chi connectivity index (χ2v) is 4.39. The van der Waals surface area contributed by atoms with Gasteiger partial charge in [-0.1, -0.05) is 24.8 Å². The van der Waals surface area contributed by atoms with Crippen molar-refractivity contribution in [2.75, 3.05) is 0 Å². The summed E-state index contributed by atoms with van der Waals surface area (Å²) >= 11 is 0. The van der Waals surface area contributed by atoms with Gasteiger partial charge in [0, 0.05) is 12.2 Å². The van der Waals surface area contributed by atoms with E-state index in [1.54, 1.807) is 0 Å². The Bertz CT molecular complexity index is 614. The molecular weight excluding hydrogens is 238 g/mol. The number of benzene rings is 1. The first-order valence-electron chi connectivity index (χ1n) is 6.13. The van der Waals surface area contributed by atoms with Crippen LogP contribution in [0.15, 0.2) is 43.0 Å². The molecule has 2 rings (SSSR count). The number of aromatic nitrogens is 2. The molecule has 0 unspecified atom stereocenters. The lowest BCUT2D eigenvalue weighted by atomic mass is 10.1. The van der Waals surface area contributed by atoms with Gasteiger partial charge in [0.1, 0.15) is 0 Å². The van der Waals surface area contributed by atoms with Crippen LogP contribution in [0.2, 0.25) is 0 Å². The predicted octanol–water partition coefficient (Wildman–Crippen LogP) is 2.29. The number of amides is 1. The highest BCUT2D eigenvalue weighted by atomic mass is 16.1. The summed E-state index contributed by atoms with van der Waals surface area (Å²) in [5, 5.41) is 7.26. The maximum Gasteiger partial charge on any atom is 0.243 e. The fourth-order valence-electron chi connectivity index (χ4n) is 1.99. The fourth-order valence-corrected chi connectivity index (χ4v) is 1.99. The highest BCUT2D eigenvalue weighted by molar-refractivity contribution is 5.86. The van der Waals surface area contributed by atoms with Crippen molar-refractivity contribution in [3.05, 3.63) is 59.9 Å². The van der Waals surface area contributed by atoms with Gasteiger partial charge in [0.05, 0.1) is 11.4 Å². The first-order chi connectivity index (χ1) is 9.11. The average molecular weight is 255 g/mol. The highest BCUT2D eigenvalue weighted by Crippen LogP contribution is 2.16. The molecule has 0 saturated heterocycles. The number of nitrogens with one attached hydrogen (secondary N) is 1. The summed E-state index contributed by atoms with van der Waals surface area (Å²) < 4.78 is 1.89. The number of carbonyl (C=O) groups is 1. The highest BCUT2D eigenvalue weighted by Gasteiger charge is 2.08. The Kier molecular flexibility index (Phi) is 3.80. The predicted molar refractivity (Wildman–Crippen MR) is 75.1 cm³/mol. The third kappa shape index (κ3) is 2.91. The molecule has 0 saturated carbocycles. The van der Waals surface area contributed by atoms with Crippen LogP contribution in [-0.4, -0.2) is 15.7 Å². The molecule has 1 aromatic carbocycles. The summed E-state index contributed by atoms with van der Waals surface area (Å²) in [5.41, 5.74) is 4.05. The summed E-state index contributed by atoms with van der Waals surface area (Å²) in [4.78, 5) is 11.3. The van der Waals surface area contributed by atoms with Crippen LogP contribution in [0, 0.1) is 13.8 Å². The van der Waals surface area contributed by atoms with Gasteiger partial charge in [-0.05, 0) is 37.6 Å². The minimum Gasteiger partial charge on any atom is -0.348 e. The van der Waals surface area contributed by atoms with Gasteiger partial charge in [0.15, 0.2) is 0 Å². The quantitative estimate of drug-likeness (QED) is 0.852. The summed E-state index contributed by atoms with van der Waals surface area (Å²) in [6.45, 7) is 7.88. The Labute approximate surface area is 112 Å². The number of para-hydroxylation sites is 1. The van der Waals surface area contributed by atoms with Gasteiger partial charge in [-0.2, -0.15) is 5.10 Å². The number of aryl methyl sites for hydroxylation is 2. The molecule has 0 aliphatic rings. The second-order valence-electron chi connectivity index (χ2n) is 4.39. The molecule has 1 N–H and O–H groups in total. The topological polar surface area (TPSA) is 46.9 Å². The zero-order valence-corrected chi connectivity index (χ0v) is 11.2. The SMILES string of the molecule is C=CC(=O)NCc1ccccc1-n1nc(C)cc1C. The molecule has 98 valence electrons. The summed E-state index contributed by atoms with van der Waals surface area (Å²) in [5.74, 6) is -0.178. The van der Waals surface area contributed by atoms with E-state index < -0.39 is 0 Å². The van der Waals surface area contributed by atoms with Crippen molar-refractivity contribution in [2.45, 2.75) is 20.4 Å². The normalized spacial score (nSPS) is 10.2. The summed E-state index contributed by atoms with van der Waals surface area (Å²) in [6.07, 6.45) is 1.27. The molecule has 2 aromatic rings. The molecule has 4 nitrogen and oxygen atoms in total. The minimum absolute atomic E-state index is 0.178. The Balaban J connectivity index is 2.33. The lowest BCUT2D eigenvalue weighted by Crippen LogP contribution is -2.21. The molecule has 0 aliphatic carbocycles. The van der Waals surface area contributed by atoms with Gasteiger partial charge in [-0.15, -0.1) is 0 Å². The summed E-state index contributed by atoms with van der Waals surface area (Å²) in [7, 11) is 0. The minimum atomic E-state index is -0.178. The van der Waals surface area contributed by atoms with Gasteiger partial charge in [-0.25, -0.2) is 4.68 Å². The van der Waals surface area contributed by atoms with Crippen molar-refractivity contribution >= 4 is 5.91 Å². The van der Waals surface area contributed by atoms with Crippen molar-refractivity contribution in [3.63, 3.8) is 0 Å². The van der Waals surface area contributed by atoms with Crippen LogP contribution in [0.25, 0.3) is 5.69 Å². The van der Waals surface area contributed by atoms with E-state index in [1.165, 1.54) is 6.08 Å². The van der Waals surface area contributed by atoms with E-state index in [2.05, 4.69) is 17.0 Å². The van der Waals surface area contributed by atoms with Gasteiger partial charge < -0.3 is 5.32 Å². The van der Waals surface area contributed by atoms with Crippen molar-refractivity contribution < 1.29 is 4.79 Å². The first-order valence-corrected chi connectivity index (χ1v) is 6.13. The van der Waals surface area contributed by atoms with E-state index in [-0.39, 0.29) is 5.91 Å². The average Bonchev–Trinajstić information content (AvgIpc) is 2.75. The number of hydrogen-bond acceptors (Lipinski definition) is 2. The number of rotatable bonds is 4. The number of carbonyl (C=O) groups excluding carboxylic acids is 1. The third-order valence-electron chi connectivity index (χ3n) is 2.87. The number of hydrogen-bond donors (Lipinski definition) is 1. The molecule has 1 amide bonds. The molecule has 0 fully saturated rings. The maximum atomic E-state index is 11.3. The lowest BCUT2D eigenvalue weighted by molar-refractivity contribution is -0.116. The van der Waals surface area contributed by atoms with Gasteiger partial charge in [-0.3, -0.25) is 4.79 Å². The van der Waals surface area contributed by atoms with E-state index in [9.17, 15) is 4.79 Å². The van der Waals surface area contributed by atoms with E-state index in [0.717, 1.165) is 22.6 Å². The fraction of sp³-hybridized carbons (Fsp3) is 0.200. The van der Waals surface area contributed by atoms with Crippen LogP contribution in [0.1, 0.15) is 17.0 Å². The van der Waals surface area contributed by atoms with Gasteiger partial charge in [0.25, 0.3) is 0 Å². The molecule has 1 aromatic heterocycles. The van der Waals surface area contributed by atoms with E-state index >= 15 is 0 Å². The molecule has 4 heteroatoms. The Morgan fingerprint density at radius 1 is 1.42 bits per heavy atom. The number of nitrogens with zero attached hydrogens (tertiary/aromatic N) is 2. The first kappa shape index (κ1) is 13.1. The largest absolute Gasteiger partial charge is 0.348 e. The molecule has 19 heavy (non-hydrogen) atoms. The third-order valence-corrected chi connectivity index (χ3v) is 2.87. The lowest BCUT2D eigenvalue weighted by Gasteiger charge is -2.11. The van der Waals surface area contributed by atoms with Gasteiger partial charge >= 0.3 is 0 Å². The standard InChI is InChI=1S/C15H17N3O/c1-4-15(19)16-10-13-7-5-6-8-14(13)18-12(3)9-11(2)17-18/h4-9H,1,10H2,2-3H3,(H,16,19). The van der Waals surface area contributed by atoms with Crippen molar-refractivity contribution in [3.8, 4) is 5.69 Å². The second kappa shape index (κ2) is 5.52. The van der Waals surface area contributed by atoms with E-state index in [1.807, 2.05) is 48.9 Å². The monoisotopic (exact) mass is 255 g/mol. The molecule has 0 aliphatic heterocycles. The zero-order valence-electron chi connectivity index (χ0n) is 11.2. The van der Waals surface area contributed by atoms with Crippen LogP contribution in [-0.2, 0) is 11.3 Å². The van der Waals surface area contributed by atoms with Crippen molar-refractivity contribution in [1.82, 2.24) is 15.1 Å². The molecule has 0 spiro atoms. The molecule has 0 bridgehead atoms. The molecule has 0 radical (unpaired) electrons. The molecule has 0 atom stereocenters. The van der Waals surface area contributed by atoms with E-state index in [4.69, 9.17) is 0 Å². The van der Waals surface area contributed by atoms with Gasteiger partial charge in [0.2, 0.25) is 5.91 Å². The van der Waals surface area contributed by atoms with E-state index in [0.29, 0.717) is 6.54 Å².